The minimum absolute atomic E-state index is 0.270. The van der Waals surface area contributed by atoms with Crippen LogP contribution in [0.25, 0.3) is 0 Å². The largest absolute Gasteiger partial charge is 0.361 e. The van der Waals surface area contributed by atoms with E-state index in [0.29, 0.717) is 5.76 Å². The molecule has 2 aromatic rings. The van der Waals surface area contributed by atoms with E-state index in [1.807, 2.05) is 26.8 Å². The summed E-state index contributed by atoms with van der Waals surface area (Å²) >= 11 is 0. The Morgan fingerprint density at radius 2 is 1.94 bits per heavy atom. The van der Waals surface area contributed by atoms with Gasteiger partial charge in [0.25, 0.3) is 5.91 Å². The van der Waals surface area contributed by atoms with E-state index in [-0.39, 0.29) is 11.6 Å². The lowest BCUT2D eigenvalue weighted by Gasteiger charge is -2.10. The van der Waals surface area contributed by atoms with Crippen molar-refractivity contribution in [2.24, 2.45) is 0 Å². The predicted molar refractivity (Wildman–Crippen MR) is 67.6 cm³/mol. The summed E-state index contributed by atoms with van der Waals surface area (Å²) in [7, 11) is 0. The molecule has 0 aliphatic rings. The summed E-state index contributed by atoms with van der Waals surface area (Å²) in [5.74, 6) is 0.319. The van der Waals surface area contributed by atoms with E-state index in [4.69, 9.17) is 4.52 Å². The number of nitrogens with one attached hydrogen (secondary N) is 1. The standard InChI is InChI=1S/C13H15N3O2/c1-7-5-8(2)14-10(4)12(7)15-13(17)11-6-9(3)18-16-11/h5-6H,1-4H3,(H,15,17). The van der Waals surface area contributed by atoms with Crippen LogP contribution in [0.4, 0.5) is 5.69 Å². The van der Waals surface area contributed by atoms with Gasteiger partial charge in [-0.15, -0.1) is 0 Å². The molecule has 0 unspecified atom stereocenters. The molecule has 0 fully saturated rings. The van der Waals surface area contributed by atoms with Crippen molar-refractivity contribution in [2.75, 3.05) is 5.32 Å². The molecule has 5 nitrogen and oxygen atoms in total. The zero-order valence-electron chi connectivity index (χ0n) is 10.9. The lowest BCUT2D eigenvalue weighted by molar-refractivity contribution is 0.101. The van der Waals surface area contributed by atoms with Gasteiger partial charge in [-0.2, -0.15) is 0 Å². The van der Waals surface area contributed by atoms with E-state index >= 15 is 0 Å². The first-order valence-corrected chi connectivity index (χ1v) is 5.67. The molecule has 0 saturated heterocycles. The summed E-state index contributed by atoms with van der Waals surface area (Å²) in [6, 6.07) is 3.53. The number of rotatable bonds is 2. The van der Waals surface area contributed by atoms with E-state index in [2.05, 4.69) is 15.5 Å². The summed E-state index contributed by atoms with van der Waals surface area (Å²) in [4.78, 5) is 16.3. The van der Waals surface area contributed by atoms with Crippen molar-refractivity contribution < 1.29 is 9.32 Å². The molecule has 2 aromatic heterocycles. The number of nitrogens with zero attached hydrogens (tertiary/aromatic N) is 2. The Morgan fingerprint density at radius 3 is 2.50 bits per heavy atom. The van der Waals surface area contributed by atoms with Crippen LogP contribution in [-0.4, -0.2) is 16.0 Å². The molecule has 0 radical (unpaired) electrons. The summed E-state index contributed by atoms with van der Waals surface area (Å²) < 4.78 is 4.88. The van der Waals surface area contributed by atoms with Gasteiger partial charge in [0.2, 0.25) is 0 Å². The zero-order chi connectivity index (χ0) is 13.3. The quantitative estimate of drug-likeness (QED) is 0.882. The van der Waals surface area contributed by atoms with Crippen LogP contribution in [-0.2, 0) is 0 Å². The van der Waals surface area contributed by atoms with Crippen LogP contribution in [0.1, 0.15) is 33.2 Å². The number of carbonyl (C=O) groups is 1. The van der Waals surface area contributed by atoms with Crippen LogP contribution >= 0.6 is 0 Å². The van der Waals surface area contributed by atoms with Crippen LogP contribution in [0.2, 0.25) is 0 Å². The predicted octanol–water partition coefficient (Wildman–Crippen LogP) is 2.56. The van der Waals surface area contributed by atoms with E-state index in [1.165, 1.54) is 0 Å². The Labute approximate surface area is 105 Å². The highest BCUT2D eigenvalue weighted by atomic mass is 16.5. The molecule has 1 amide bonds. The van der Waals surface area contributed by atoms with Crippen molar-refractivity contribution >= 4 is 11.6 Å². The third-order valence-corrected chi connectivity index (χ3v) is 2.62. The summed E-state index contributed by atoms with van der Waals surface area (Å²) in [6.45, 7) is 7.47. The molecule has 0 saturated carbocycles. The molecule has 0 aliphatic carbocycles. The molecular weight excluding hydrogens is 230 g/mol. The number of aryl methyl sites for hydroxylation is 4. The Balaban J connectivity index is 2.27. The third-order valence-electron chi connectivity index (χ3n) is 2.62. The van der Waals surface area contributed by atoms with Crippen molar-refractivity contribution in [3.8, 4) is 0 Å². The number of amides is 1. The first-order valence-electron chi connectivity index (χ1n) is 5.67. The molecule has 0 atom stereocenters. The second-order valence-corrected chi connectivity index (χ2v) is 4.32. The minimum Gasteiger partial charge on any atom is -0.361 e. The normalized spacial score (nSPS) is 10.4. The van der Waals surface area contributed by atoms with Crippen molar-refractivity contribution in [1.82, 2.24) is 10.1 Å². The van der Waals surface area contributed by atoms with Gasteiger partial charge in [-0.05, 0) is 39.3 Å². The molecule has 5 heteroatoms. The summed E-state index contributed by atoms with van der Waals surface area (Å²) in [5.41, 5.74) is 3.70. The lowest BCUT2D eigenvalue weighted by Crippen LogP contribution is -2.14. The number of carbonyl (C=O) groups excluding carboxylic acids is 1. The molecular formula is C13H15N3O2. The average Bonchev–Trinajstić information content (AvgIpc) is 2.70. The van der Waals surface area contributed by atoms with Crippen molar-refractivity contribution in [1.29, 1.82) is 0 Å². The SMILES string of the molecule is Cc1cc(C)c(NC(=O)c2cc(C)on2)c(C)n1. The fraction of sp³-hybridized carbons (Fsp3) is 0.308. The lowest BCUT2D eigenvalue weighted by atomic mass is 10.1. The van der Waals surface area contributed by atoms with Gasteiger partial charge in [0, 0.05) is 11.8 Å². The molecule has 0 aliphatic heterocycles. The Hall–Kier alpha value is -2.17. The fourth-order valence-corrected chi connectivity index (χ4v) is 1.86. The Morgan fingerprint density at radius 1 is 1.22 bits per heavy atom. The number of hydrogen-bond acceptors (Lipinski definition) is 4. The summed E-state index contributed by atoms with van der Waals surface area (Å²) in [5, 5.41) is 6.49. The van der Waals surface area contributed by atoms with E-state index in [1.54, 1.807) is 13.0 Å². The van der Waals surface area contributed by atoms with E-state index in [0.717, 1.165) is 22.6 Å². The van der Waals surface area contributed by atoms with Gasteiger partial charge in [0.05, 0.1) is 11.4 Å². The number of aromatic nitrogens is 2. The maximum Gasteiger partial charge on any atom is 0.277 e. The van der Waals surface area contributed by atoms with Gasteiger partial charge < -0.3 is 9.84 Å². The first kappa shape index (κ1) is 12.3. The molecule has 1 N–H and O–H groups in total. The van der Waals surface area contributed by atoms with Gasteiger partial charge in [0.1, 0.15) is 5.76 Å². The highest BCUT2D eigenvalue weighted by Gasteiger charge is 2.14. The molecule has 2 heterocycles. The van der Waals surface area contributed by atoms with Gasteiger partial charge in [-0.25, -0.2) is 0 Å². The number of hydrogen-bond donors (Lipinski definition) is 1. The second kappa shape index (κ2) is 4.60. The maximum atomic E-state index is 12.0. The van der Waals surface area contributed by atoms with Gasteiger partial charge in [0.15, 0.2) is 5.69 Å². The molecule has 2 rings (SSSR count). The Bertz CT molecular complexity index is 579. The fourth-order valence-electron chi connectivity index (χ4n) is 1.86. The van der Waals surface area contributed by atoms with Gasteiger partial charge in [-0.3, -0.25) is 9.78 Å². The van der Waals surface area contributed by atoms with Crippen LogP contribution in [0.15, 0.2) is 16.7 Å². The zero-order valence-corrected chi connectivity index (χ0v) is 10.9. The minimum atomic E-state index is -0.288. The van der Waals surface area contributed by atoms with E-state index in [9.17, 15) is 4.79 Å². The van der Waals surface area contributed by atoms with Crippen LogP contribution in [0.3, 0.4) is 0 Å². The molecule has 18 heavy (non-hydrogen) atoms. The number of pyridine rings is 1. The number of anilines is 1. The first-order chi connectivity index (χ1) is 8.47. The van der Waals surface area contributed by atoms with Crippen LogP contribution < -0.4 is 5.32 Å². The summed E-state index contributed by atoms with van der Waals surface area (Å²) in [6.07, 6.45) is 0. The second-order valence-electron chi connectivity index (χ2n) is 4.32. The van der Waals surface area contributed by atoms with Gasteiger partial charge in [-0.1, -0.05) is 5.16 Å². The topological polar surface area (TPSA) is 68.0 Å². The van der Waals surface area contributed by atoms with Gasteiger partial charge >= 0.3 is 0 Å². The van der Waals surface area contributed by atoms with E-state index < -0.39 is 0 Å². The highest BCUT2D eigenvalue weighted by molar-refractivity contribution is 6.03. The molecule has 0 bridgehead atoms. The maximum absolute atomic E-state index is 12.0. The highest BCUT2D eigenvalue weighted by Crippen LogP contribution is 2.20. The molecule has 0 aromatic carbocycles. The molecule has 94 valence electrons. The average molecular weight is 245 g/mol. The van der Waals surface area contributed by atoms with Crippen molar-refractivity contribution in [3.05, 3.63) is 40.5 Å². The van der Waals surface area contributed by atoms with Crippen LogP contribution in [0.5, 0.6) is 0 Å². The molecule has 0 spiro atoms. The van der Waals surface area contributed by atoms with Crippen LogP contribution in [0, 0.1) is 27.7 Å². The third kappa shape index (κ3) is 2.40. The van der Waals surface area contributed by atoms with Crippen molar-refractivity contribution in [3.63, 3.8) is 0 Å². The van der Waals surface area contributed by atoms with Crippen molar-refractivity contribution in [2.45, 2.75) is 27.7 Å². The monoisotopic (exact) mass is 245 g/mol. The smallest absolute Gasteiger partial charge is 0.277 e. The Kier molecular flexibility index (Phi) is 3.14.